The zero-order valence-electron chi connectivity index (χ0n) is 17.7. The van der Waals surface area contributed by atoms with Crippen LogP contribution >= 0.6 is 0 Å². The van der Waals surface area contributed by atoms with Crippen LogP contribution in [-0.4, -0.2) is 59.7 Å². The smallest absolute Gasteiger partial charge is 0.254 e. The Morgan fingerprint density at radius 2 is 1.66 bits per heavy atom. The molecule has 164 valence electrons. The summed E-state index contributed by atoms with van der Waals surface area (Å²) in [6.07, 6.45) is 3.90. The first-order chi connectivity index (χ1) is 15.6. The van der Waals surface area contributed by atoms with E-state index in [0.717, 1.165) is 16.7 Å². The first-order valence-electron chi connectivity index (χ1n) is 10.6. The number of nitrogens with one attached hydrogen (secondary N) is 1. The van der Waals surface area contributed by atoms with Crippen LogP contribution in [0.1, 0.15) is 26.3 Å². The molecule has 1 aliphatic rings. The maximum Gasteiger partial charge on any atom is 0.254 e. The lowest BCUT2D eigenvalue weighted by Crippen LogP contribution is -2.40. The van der Waals surface area contributed by atoms with E-state index >= 15 is 0 Å². The summed E-state index contributed by atoms with van der Waals surface area (Å²) in [6, 6.07) is 16.1. The van der Waals surface area contributed by atoms with Gasteiger partial charge in [0.05, 0.1) is 18.8 Å². The Hall–Kier alpha value is -3.71. The van der Waals surface area contributed by atoms with Gasteiger partial charge in [-0.15, -0.1) is 0 Å². The van der Waals surface area contributed by atoms with Gasteiger partial charge in [0, 0.05) is 43.2 Å². The fourth-order valence-corrected chi connectivity index (χ4v) is 3.56. The van der Waals surface area contributed by atoms with Crippen molar-refractivity contribution in [2.45, 2.75) is 6.42 Å². The summed E-state index contributed by atoms with van der Waals surface area (Å²) in [6.45, 7) is 2.83. The number of amides is 2. The van der Waals surface area contributed by atoms with Crippen molar-refractivity contribution in [2.24, 2.45) is 0 Å². The zero-order valence-corrected chi connectivity index (χ0v) is 17.7. The van der Waals surface area contributed by atoms with Gasteiger partial charge in [-0.3, -0.25) is 14.6 Å². The predicted octanol–water partition coefficient (Wildman–Crippen LogP) is 2.90. The maximum atomic E-state index is 12.6. The summed E-state index contributed by atoms with van der Waals surface area (Å²) >= 11 is 0. The third-order valence-corrected chi connectivity index (χ3v) is 5.40. The summed E-state index contributed by atoms with van der Waals surface area (Å²) in [5.41, 5.74) is 3.83. The first-order valence-corrected chi connectivity index (χ1v) is 10.6. The molecule has 1 fully saturated rings. The highest BCUT2D eigenvalue weighted by Crippen LogP contribution is 2.21. The number of morpholine rings is 1. The highest BCUT2D eigenvalue weighted by Gasteiger charge is 2.18. The van der Waals surface area contributed by atoms with Gasteiger partial charge < -0.3 is 20.1 Å². The second kappa shape index (κ2) is 10.1. The normalized spacial score (nSPS) is 13.6. The van der Waals surface area contributed by atoms with Crippen LogP contribution in [0.4, 0.5) is 0 Å². The minimum Gasteiger partial charge on any atom is -0.508 e. The van der Waals surface area contributed by atoms with E-state index in [9.17, 15) is 14.7 Å². The average Bonchev–Trinajstić information content (AvgIpc) is 2.85. The number of carbonyl (C=O) groups is 2. The van der Waals surface area contributed by atoms with Gasteiger partial charge in [0.15, 0.2) is 0 Å². The fourth-order valence-electron chi connectivity index (χ4n) is 3.56. The Bertz CT molecular complexity index is 1080. The summed E-state index contributed by atoms with van der Waals surface area (Å²) in [5, 5.41) is 12.2. The van der Waals surface area contributed by atoms with Gasteiger partial charge in [-0.1, -0.05) is 24.3 Å². The van der Waals surface area contributed by atoms with Crippen molar-refractivity contribution in [3.8, 4) is 16.9 Å². The van der Waals surface area contributed by atoms with Gasteiger partial charge >= 0.3 is 0 Å². The van der Waals surface area contributed by atoms with Crippen LogP contribution in [0.25, 0.3) is 11.1 Å². The molecule has 2 heterocycles. The number of hydrogen-bond acceptors (Lipinski definition) is 5. The molecule has 32 heavy (non-hydrogen) atoms. The molecular weight excluding hydrogens is 406 g/mol. The van der Waals surface area contributed by atoms with Gasteiger partial charge in [-0.25, -0.2) is 0 Å². The largest absolute Gasteiger partial charge is 0.508 e. The van der Waals surface area contributed by atoms with E-state index in [1.54, 1.807) is 41.4 Å². The van der Waals surface area contributed by atoms with Crippen molar-refractivity contribution in [1.29, 1.82) is 0 Å². The van der Waals surface area contributed by atoms with Crippen molar-refractivity contribution >= 4 is 11.8 Å². The van der Waals surface area contributed by atoms with Crippen LogP contribution < -0.4 is 5.32 Å². The highest BCUT2D eigenvalue weighted by molar-refractivity contribution is 5.96. The SMILES string of the molecule is O=C(NCCc1ccc(O)cc1)c1cncc(-c2ccc(C(=O)N3CCOCC3)cc2)c1. The standard InChI is InChI=1S/C25H25N3O4/c29-23-7-1-18(2-8-23)9-10-27-24(30)22-15-21(16-26-17-22)19-3-5-20(6-4-19)25(31)28-11-13-32-14-12-28/h1-8,15-17,29H,9-14H2,(H,27,30). The molecule has 0 atom stereocenters. The Kier molecular flexibility index (Phi) is 6.77. The van der Waals surface area contributed by atoms with E-state index in [1.165, 1.54) is 6.20 Å². The molecule has 4 rings (SSSR count). The molecule has 7 nitrogen and oxygen atoms in total. The molecule has 1 aromatic heterocycles. The molecule has 0 saturated carbocycles. The number of phenols is 1. The van der Waals surface area contributed by atoms with Gasteiger partial charge in [0.25, 0.3) is 11.8 Å². The number of carbonyl (C=O) groups excluding carboxylic acids is 2. The van der Waals surface area contributed by atoms with Crippen LogP contribution in [0.15, 0.2) is 67.0 Å². The highest BCUT2D eigenvalue weighted by atomic mass is 16.5. The van der Waals surface area contributed by atoms with Crippen LogP contribution in [0.3, 0.4) is 0 Å². The number of nitrogens with zero attached hydrogens (tertiary/aromatic N) is 2. The minimum absolute atomic E-state index is 0.000248. The second-order valence-electron chi connectivity index (χ2n) is 7.62. The van der Waals surface area contributed by atoms with E-state index in [2.05, 4.69) is 10.3 Å². The summed E-state index contributed by atoms with van der Waals surface area (Å²) < 4.78 is 5.30. The lowest BCUT2D eigenvalue weighted by Gasteiger charge is -2.26. The number of ether oxygens (including phenoxy) is 1. The lowest BCUT2D eigenvalue weighted by molar-refractivity contribution is 0.0303. The van der Waals surface area contributed by atoms with Crippen molar-refractivity contribution in [3.05, 3.63) is 83.7 Å². The molecule has 1 aliphatic heterocycles. The van der Waals surface area contributed by atoms with Crippen LogP contribution in [0, 0.1) is 0 Å². The minimum atomic E-state index is -0.197. The van der Waals surface area contributed by atoms with Crippen molar-refractivity contribution in [1.82, 2.24) is 15.2 Å². The topological polar surface area (TPSA) is 91.8 Å². The summed E-state index contributed by atoms with van der Waals surface area (Å²) in [4.78, 5) is 31.1. The molecule has 0 unspecified atom stereocenters. The quantitative estimate of drug-likeness (QED) is 0.626. The third-order valence-electron chi connectivity index (χ3n) is 5.40. The van der Waals surface area contributed by atoms with Gasteiger partial charge in [0.2, 0.25) is 0 Å². The van der Waals surface area contributed by atoms with E-state index < -0.39 is 0 Å². The number of rotatable bonds is 6. The number of pyridine rings is 1. The number of phenolic OH excluding ortho intramolecular Hbond substituents is 1. The van der Waals surface area contributed by atoms with Crippen LogP contribution in [0.2, 0.25) is 0 Å². The molecular formula is C25H25N3O4. The van der Waals surface area contributed by atoms with Gasteiger partial charge in [0.1, 0.15) is 5.75 Å². The summed E-state index contributed by atoms with van der Waals surface area (Å²) in [5.74, 6) is 0.0242. The third kappa shape index (κ3) is 5.31. The summed E-state index contributed by atoms with van der Waals surface area (Å²) in [7, 11) is 0. The Morgan fingerprint density at radius 3 is 2.38 bits per heavy atom. The van der Waals surface area contributed by atoms with Crippen molar-refractivity contribution < 1.29 is 19.4 Å². The van der Waals surface area contributed by atoms with Crippen LogP contribution in [-0.2, 0) is 11.2 Å². The number of benzene rings is 2. The molecule has 2 aromatic carbocycles. The number of aromatic hydroxyl groups is 1. The molecule has 0 spiro atoms. The molecule has 3 aromatic rings. The molecule has 0 radical (unpaired) electrons. The van der Waals surface area contributed by atoms with Gasteiger partial charge in [-0.05, 0) is 47.9 Å². The molecule has 2 amide bonds. The monoisotopic (exact) mass is 431 g/mol. The zero-order chi connectivity index (χ0) is 22.3. The van der Waals surface area contributed by atoms with Crippen molar-refractivity contribution in [3.63, 3.8) is 0 Å². The van der Waals surface area contributed by atoms with Gasteiger partial charge in [-0.2, -0.15) is 0 Å². The maximum absolute atomic E-state index is 12.6. The van der Waals surface area contributed by atoms with Crippen LogP contribution in [0.5, 0.6) is 5.75 Å². The Balaban J connectivity index is 1.38. The number of aromatic nitrogens is 1. The van der Waals surface area contributed by atoms with E-state index in [4.69, 9.17) is 4.74 Å². The van der Waals surface area contributed by atoms with E-state index in [0.29, 0.717) is 50.4 Å². The second-order valence-corrected chi connectivity index (χ2v) is 7.62. The molecule has 0 aliphatic carbocycles. The molecule has 0 bridgehead atoms. The molecule has 1 saturated heterocycles. The molecule has 2 N–H and O–H groups in total. The Labute approximate surface area is 186 Å². The van der Waals surface area contributed by atoms with E-state index in [1.807, 2.05) is 24.3 Å². The lowest BCUT2D eigenvalue weighted by atomic mass is 10.0. The first kappa shape index (κ1) is 21.5. The fraction of sp³-hybridized carbons (Fsp3) is 0.240. The van der Waals surface area contributed by atoms with Crippen molar-refractivity contribution in [2.75, 3.05) is 32.8 Å². The Morgan fingerprint density at radius 1 is 0.938 bits per heavy atom. The average molecular weight is 431 g/mol. The predicted molar refractivity (Wildman–Crippen MR) is 121 cm³/mol. The molecule has 7 heteroatoms. The van der Waals surface area contributed by atoms with E-state index in [-0.39, 0.29) is 17.6 Å². The number of hydrogen-bond donors (Lipinski definition) is 2.